The molecule has 1 aliphatic heterocycles. The molecule has 0 aliphatic carbocycles. The van der Waals surface area contributed by atoms with E-state index < -0.39 is 57.4 Å². The van der Waals surface area contributed by atoms with E-state index in [1.165, 1.54) is 30.4 Å². The first-order valence-corrected chi connectivity index (χ1v) is 14.3. The second kappa shape index (κ2) is 12.2. The average Bonchev–Trinajstić information content (AvgIpc) is 2.89. The van der Waals surface area contributed by atoms with Gasteiger partial charge in [0, 0.05) is 12.0 Å². The van der Waals surface area contributed by atoms with Gasteiger partial charge in [0.15, 0.2) is 0 Å². The molecule has 1 heterocycles. The zero-order valence-corrected chi connectivity index (χ0v) is 23.7. The molecule has 0 bridgehead atoms. The number of ether oxygens (including phenoxy) is 2. The van der Waals surface area contributed by atoms with Gasteiger partial charge in [-0.25, -0.2) is 8.42 Å². The van der Waals surface area contributed by atoms with E-state index in [1.807, 2.05) is 0 Å². The van der Waals surface area contributed by atoms with Gasteiger partial charge in [-0.2, -0.15) is 13.2 Å². The van der Waals surface area contributed by atoms with Gasteiger partial charge in [-0.3, -0.25) is 9.10 Å². The molecule has 0 spiro atoms. The van der Waals surface area contributed by atoms with Crippen LogP contribution >= 0.6 is 23.2 Å². The quantitative estimate of drug-likeness (QED) is 0.194. The molecule has 0 aromatic heterocycles. The standard InChI is InChI=1S/C27H19Cl2F6NO6S/c28-21-12-18(42-27(33,34)35)13-22(29)20(21)7-4-15-5-8-24-23(10-15)36(14-17(41-24)6-9-25(37)38)43(39,40)19-3-1-2-16(11-19)26(30,31)32/h1-5,7-8,10-13,17H,6,9,14H2,(H,37,38). The van der Waals surface area contributed by atoms with E-state index >= 15 is 0 Å². The number of carboxylic acid groups (broad SMARTS) is 1. The first kappa shape index (κ1) is 32.3. The predicted molar refractivity (Wildman–Crippen MR) is 146 cm³/mol. The number of nitrogens with zero attached hydrogens (tertiary/aromatic N) is 1. The van der Waals surface area contributed by atoms with E-state index in [-0.39, 0.29) is 39.9 Å². The number of hydrogen-bond donors (Lipinski definition) is 1. The lowest BCUT2D eigenvalue weighted by atomic mass is 10.1. The van der Waals surface area contributed by atoms with Crippen LogP contribution in [-0.2, 0) is 21.0 Å². The number of carboxylic acids is 1. The third-order valence-corrected chi connectivity index (χ3v) is 8.47. The van der Waals surface area contributed by atoms with Gasteiger partial charge in [0.05, 0.1) is 32.7 Å². The second-order valence-corrected chi connectivity index (χ2v) is 11.8. The summed E-state index contributed by atoms with van der Waals surface area (Å²) in [5.41, 5.74) is -0.772. The molecule has 1 unspecified atom stereocenters. The molecule has 1 N–H and O–H groups in total. The summed E-state index contributed by atoms with van der Waals surface area (Å²) in [5.74, 6) is -1.77. The Labute approximate surface area is 250 Å². The van der Waals surface area contributed by atoms with Crippen LogP contribution in [0.4, 0.5) is 32.0 Å². The van der Waals surface area contributed by atoms with Crippen LogP contribution in [0.2, 0.25) is 10.0 Å². The maximum Gasteiger partial charge on any atom is 0.573 e. The van der Waals surface area contributed by atoms with Gasteiger partial charge in [0.25, 0.3) is 10.0 Å². The summed E-state index contributed by atoms with van der Waals surface area (Å²) in [6.07, 6.45) is -8.38. The normalized spacial score (nSPS) is 15.7. The largest absolute Gasteiger partial charge is 0.573 e. The monoisotopic (exact) mass is 669 g/mol. The van der Waals surface area contributed by atoms with Crippen molar-refractivity contribution in [1.82, 2.24) is 0 Å². The molecule has 0 amide bonds. The van der Waals surface area contributed by atoms with Crippen molar-refractivity contribution in [2.45, 2.75) is 36.4 Å². The zero-order chi connectivity index (χ0) is 31.7. The highest BCUT2D eigenvalue weighted by atomic mass is 35.5. The van der Waals surface area contributed by atoms with Crippen LogP contribution in [-0.4, -0.2) is 38.5 Å². The lowest BCUT2D eigenvalue weighted by molar-refractivity contribution is -0.274. The number of halogens is 8. The van der Waals surface area contributed by atoms with E-state index in [9.17, 15) is 39.6 Å². The van der Waals surface area contributed by atoms with Crippen LogP contribution in [0.3, 0.4) is 0 Å². The number of rotatable bonds is 8. The Balaban J connectivity index is 1.73. The van der Waals surface area contributed by atoms with E-state index in [1.54, 1.807) is 0 Å². The van der Waals surface area contributed by atoms with Crippen molar-refractivity contribution in [3.05, 3.63) is 81.3 Å². The highest BCUT2D eigenvalue weighted by Gasteiger charge is 2.37. The Morgan fingerprint density at radius 1 is 1.02 bits per heavy atom. The molecule has 43 heavy (non-hydrogen) atoms. The molecular formula is C27H19Cl2F6NO6S. The van der Waals surface area contributed by atoms with Crippen LogP contribution in [0.15, 0.2) is 59.5 Å². The average molecular weight is 670 g/mol. The molecule has 4 rings (SSSR count). The third kappa shape index (κ3) is 7.86. The molecule has 0 saturated heterocycles. The summed E-state index contributed by atoms with van der Waals surface area (Å²) >= 11 is 12.2. The van der Waals surface area contributed by atoms with E-state index in [0.717, 1.165) is 34.6 Å². The third-order valence-electron chi connectivity index (χ3n) is 6.07. The molecule has 1 aliphatic rings. The second-order valence-electron chi connectivity index (χ2n) is 9.14. The van der Waals surface area contributed by atoms with Crippen molar-refractivity contribution >= 4 is 57.0 Å². The number of hydrogen-bond acceptors (Lipinski definition) is 5. The van der Waals surface area contributed by atoms with Crippen molar-refractivity contribution in [3.8, 4) is 11.5 Å². The lowest BCUT2D eigenvalue weighted by Gasteiger charge is -2.35. The first-order chi connectivity index (χ1) is 19.9. The Hall–Kier alpha value is -3.62. The first-order valence-electron chi connectivity index (χ1n) is 12.1. The fourth-order valence-electron chi connectivity index (χ4n) is 4.15. The van der Waals surface area contributed by atoms with Crippen LogP contribution < -0.4 is 13.8 Å². The molecule has 0 radical (unpaired) electrons. The Morgan fingerprint density at radius 2 is 1.70 bits per heavy atom. The molecule has 0 fully saturated rings. The van der Waals surface area contributed by atoms with Gasteiger partial charge in [0.1, 0.15) is 17.6 Å². The number of anilines is 1. The lowest BCUT2D eigenvalue weighted by Crippen LogP contribution is -2.43. The van der Waals surface area contributed by atoms with Gasteiger partial charge >= 0.3 is 18.5 Å². The van der Waals surface area contributed by atoms with Gasteiger partial charge < -0.3 is 14.6 Å². The van der Waals surface area contributed by atoms with E-state index in [0.29, 0.717) is 11.6 Å². The fraction of sp³-hybridized carbons (Fsp3) is 0.222. The van der Waals surface area contributed by atoms with Crippen LogP contribution in [0.5, 0.6) is 11.5 Å². The molecule has 3 aromatic carbocycles. The minimum absolute atomic E-state index is 0.0269. The highest BCUT2D eigenvalue weighted by Crippen LogP contribution is 2.40. The minimum Gasteiger partial charge on any atom is -0.486 e. The van der Waals surface area contributed by atoms with E-state index in [4.69, 9.17) is 33.0 Å². The maximum atomic E-state index is 13.7. The number of sulfonamides is 1. The molecule has 16 heteroatoms. The van der Waals surface area contributed by atoms with Gasteiger partial charge in [-0.05, 0) is 54.4 Å². The Kier molecular flexibility index (Phi) is 9.14. The van der Waals surface area contributed by atoms with Crippen molar-refractivity contribution in [2.75, 3.05) is 10.8 Å². The molecule has 7 nitrogen and oxygen atoms in total. The zero-order valence-electron chi connectivity index (χ0n) is 21.4. The van der Waals surface area contributed by atoms with Crippen LogP contribution in [0.25, 0.3) is 12.2 Å². The predicted octanol–water partition coefficient (Wildman–Crippen LogP) is 7.90. The summed E-state index contributed by atoms with van der Waals surface area (Å²) < 4.78 is 115. The summed E-state index contributed by atoms with van der Waals surface area (Å²) in [6.45, 7) is -0.398. The number of carbonyl (C=O) groups is 1. The summed E-state index contributed by atoms with van der Waals surface area (Å²) in [6, 6.07) is 9.23. The SMILES string of the molecule is O=C(O)CCC1CN(S(=O)(=O)c2cccc(C(F)(F)F)c2)c2cc(C=Cc3c(Cl)cc(OC(F)(F)F)cc3Cl)ccc2O1. The number of alkyl halides is 6. The number of aliphatic carboxylic acids is 1. The highest BCUT2D eigenvalue weighted by molar-refractivity contribution is 7.92. The maximum absolute atomic E-state index is 13.7. The molecular weight excluding hydrogens is 651 g/mol. The van der Waals surface area contributed by atoms with Crippen LogP contribution in [0, 0.1) is 0 Å². The number of benzene rings is 3. The van der Waals surface area contributed by atoms with E-state index in [2.05, 4.69) is 4.74 Å². The molecule has 3 aromatic rings. The minimum atomic E-state index is -4.97. The summed E-state index contributed by atoms with van der Waals surface area (Å²) in [4.78, 5) is 10.5. The van der Waals surface area contributed by atoms with Crippen molar-refractivity contribution < 1.29 is 54.1 Å². The molecule has 1 atom stereocenters. The molecule has 230 valence electrons. The summed E-state index contributed by atoms with van der Waals surface area (Å²) in [7, 11) is -4.61. The van der Waals surface area contributed by atoms with Gasteiger partial charge in [-0.15, -0.1) is 13.2 Å². The number of fused-ring (bicyclic) bond motifs is 1. The van der Waals surface area contributed by atoms with Gasteiger partial charge in [-0.1, -0.05) is 47.5 Å². The van der Waals surface area contributed by atoms with Crippen molar-refractivity contribution in [1.29, 1.82) is 0 Å². The molecule has 0 saturated carbocycles. The van der Waals surface area contributed by atoms with Crippen LogP contribution in [0.1, 0.15) is 29.5 Å². The Bertz CT molecular complexity index is 1650. The Morgan fingerprint density at radius 3 is 2.30 bits per heavy atom. The van der Waals surface area contributed by atoms with Crippen molar-refractivity contribution in [3.63, 3.8) is 0 Å². The topological polar surface area (TPSA) is 93.1 Å². The smallest absolute Gasteiger partial charge is 0.486 e. The fourth-order valence-corrected chi connectivity index (χ4v) is 6.29. The van der Waals surface area contributed by atoms with Crippen molar-refractivity contribution in [2.24, 2.45) is 0 Å². The summed E-state index contributed by atoms with van der Waals surface area (Å²) in [5, 5.41) is 8.70. The van der Waals surface area contributed by atoms with Gasteiger partial charge in [0.2, 0.25) is 0 Å².